The molecule has 2 heterocycles. The molecule has 3 aromatic carbocycles. The molecule has 2 amide bonds. The Kier molecular flexibility index (Phi) is 9.98. The van der Waals surface area contributed by atoms with Gasteiger partial charge in [-0.2, -0.15) is 0 Å². The predicted octanol–water partition coefficient (Wildman–Crippen LogP) is 6.02. The van der Waals surface area contributed by atoms with Crippen LogP contribution < -0.4 is 25.7 Å². The number of methoxy groups -OCH3 is 3. The number of rotatable bonds is 9. The molecule has 2 atom stereocenters. The summed E-state index contributed by atoms with van der Waals surface area (Å²) in [5, 5.41) is 7.12. The van der Waals surface area contributed by atoms with Crippen molar-refractivity contribution in [3.8, 4) is 11.5 Å². The number of aromatic amines is 1. The average Bonchev–Trinajstić information content (AvgIpc) is 3.54. The number of carbonyl (C=O) groups excluding carboxylic acids is 2. The van der Waals surface area contributed by atoms with E-state index in [1.165, 1.54) is 60.9 Å². The molecule has 15 heteroatoms. The van der Waals surface area contributed by atoms with E-state index < -0.39 is 25.2 Å². The van der Waals surface area contributed by atoms with E-state index in [4.69, 9.17) is 25.8 Å². The van der Waals surface area contributed by atoms with E-state index in [0.29, 0.717) is 69.2 Å². The van der Waals surface area contributed by atoms with E-state index in [1.807, 2.05) is 0 Å². The van der Waals surface area contributed by atoms with Gasteiger partial charge in [0, 0.05) is 29.5 Å². The molecule has 5 rings (SSSR count). The Morgan fingerprint density at radius 1 is 1.00 bits per heavy atom. The summed E-state index contributed by atoms with van der Waals surface area (Å²) in [6.45, 7) is 0.345. The standard InChI is InChI=1S/C31H30ClIN4O8S/c1-43-25-10-6-17(13-26(25)44-2)28(35-18-7-9-20-21(14-18)29(38)34-16-23(20)32)30(39)37-12-4-5-24(37)22-15-19(36-31(40)45-3)8-11-27(22)46(33,41)42/h6-11,13-16,24,28,35H,4-5,12H2,1-3H3,(H,34,38)(H,36,40)/t24-,28-/m1/s1. The van der Waals surface area contributed by atoms with E-state index in [2.05, 4.69) is 15.6 Å². The molecule has 242 valence electrons. The number of likely N-dealkylation sites (tertiary alicyclic amines) is 1. The van der Waals surface area contributed by atoms with Gasteiger partial charge in [0.2, 0.25) is 12.9 Å². The van der Waals surface area contributed by atoms with Gasteiger partial charge in [0.25, 0.3) is 5.56 Å². The summed E-state index contributed by atoms with van der Waals surface area (Å²) in [7, 11) is 0.479. The summed E-state index contributed by atoms with van der Waals surface area (Å²) in [4.78, 5) is 43.4. The first-order chi connectivity index (χ1) is 21.9. The van der Waals surface area contributed by atoms with Crippen LogP contribution in [-0.4, -0.2) is 58.2 Å². The molecule has 12 nitrogen and oxygen atoms in total. The van der Waals surface area contributed by atoms with Gasteiger partial charge in [-0.25, -0.2) is 13.2 Å². The molecule has 1 saturated heterocycles. The highest BCUT2D eigenvalue weighted by Crippen LogP contribution is 2.41. The lowest BCUT2D eigenvalue weighted by Gasteiger charge is -2.31. The highest BCUT2D eigenvalue weighted by Gasteiger charge is 2.37. The molecular formula is C31H30ClIN4O8S. The number of amides is 2. The van der Waals surface area contributed by atoms with E-state index in [9.17, 15) is 22.8 Å². The van der Waals surface area contributed by atoms with Gasteiger partial charge in [-0.1, -0.05) is 23.7 Å². The van der Waals surface area contributed by atoms with Crippen molar-refractivity contribution in [2.24, 2.45) is 0 Å². The fourth-order valence-corrected chi connectivity index (χ4v) is 7.73. The summed E-state index contributed by atoms with van der Waals surface area (Å²) in [6.07, 6.45) is 1.79. The third-order valence-electron chi connectivity index (χ3n) is 7.75. The Balaban J connectivity index is 1.60. The molecule has 4 aromatic rings. The Morgan fingerprint density at radius 3 is 2.43 bits per heavy atom. The number of halogens is 2. The third kappa shape index (κ3) is 6.88. The normalized spacial score (nSPS) is 15.3. The van der Waals surface area contributed by atoms with Crippen LogP contribution in [0.25, 0.3) is 10.8 Å². The first-order valence-corrected chi connectivity index (χ1v) is 18.4. The van der Waals surface area contributed by atoms with Crippen LogP contribution in [0.2, 0.25) is 5.02 Å². The number of benzene rings is 3. The number of H-pyrrole nitrogens is 1. The van der Waals surface area contributed by atoms with Crippen LogP contribution >= 0.6 is 32.8 Å². The third-order valence-corrected chi connectivity index (χ3v) is 10.4. The maximum absolute atomic E-state index is 14.6. The fraction of sp³-hybridized carbons (Fsp3) is 0.258. The van der Waals surface area contributed by atoms with Crippen molar-refractivity contribution in [2.45, 2.75) is 29.8 Å². The topological polar surface area (TPSA) is 156 Å². The van der Waals surface area contributed by atoms with E-state index in [1.54, 1.807) is 47.4 Å². The van der Waals surface area contributed by atoms with E-state index >= 15 is 0 Å². The molecule has 1 aromatic heterocycles. The minimum atomic E-state index is -3.74. The Labute approximate surface area is 281 Å². The van der Waals surface area contributed by atoms with Crippen LogP contribution in [0.4, 0.5) is 16.2 Å². The van der Waals surface area contributed by atoms with E-state index in [-0.39, 0.29) is 16.4 Å². The predicted molar refractivity (Wildman–Crippen MR) is 183 cm³/mol. The van der Waals surface area contributed by atoms with Gasteiger partial charge in [-0.05, 0) is 66.4 Å². The van der Waals surface area contributed by atoms with Gasteiger partial charge in [0.1, 0.15) is 6.04 Å². The summed E-state index contributed by atoms with van der Waals surface area (Å²) in [6, 6.07) is 12.9. The van der Waals surface area contributed by atoms with Crippen LogP contribution in [0.1, 0.15) is 36.1 Å². The monoisotopic (exact) mass is 780 g/mol. The highest BCUT2D eigenvalue weighted by molar-refractivity contribution is 14.2. The molecule has 0 unspecified atom stereocenters. The van der Waals surface area contributed by atoms with Crippen LogP contribution in [0, 0.1) is 0 Å². The summed E-state index contributed by atoms with van der Waals surface area (Å²) in [5.74, 6) is 0.521. The van der Waals surface area contributed by atoms with Crippen molar-refractivity contribution >= 4 is 74.0 Å². The Hall–Kier alpha value is -4.02. The molecule has 0 radical (unpaired) electrons. The molecule has 0 bridgehead atoms. The van der Waals surface area contributed by atoms with Gasteiger partial charge in [0.05, 0.1) is 63.9 Å². The maximum atomic E-state index is 14.6. The van der Waals surface area contributed by atoms with Crippen molar-refractivity contribution in [1.82, 2.24) is 9.88 Å². The molecule has 46 heavy (non-hydrogen) atoms. The number of carbonyl (C=O) groups is 2. The first kappa shape index (κ1) is 33.3. The smallest absolute Gasteiger partial charge is 0.411 e. The van der Waals surface area contributed by atoms with Crippen molar-refractivity contribution in [3.63, 3.8) is 0 Å². The zero-order chi connectivity index (χ0) is 33.2. The molecule has 1 aliphatic rings. The minimum absolute atomic E-state index is 0.0366. The lowest BCUT2D eigenvalue weighted by atomic mass is 10.0. The fourth-order valence-electron chi connectivity index (χ4n) is 5.60. The van der Waals surface area contributed by atoms with Gasteiger partial charge in [0.15, 0.2) is 11.5 Å². The number of anilines is 2. The zero-order valence-corrected chi connectivity index (χ0v) is 28.7. The quantitative estimate of drug-likeness (QED) is 0.137. The molecule has 3 N–H and O–H groups in total. The van der Waals surface area contributed by atoms with Gasteiger partial charge in [-0.3, -0.25) is 14.9 Å². The minimum Gasteiger partial charge on any atom is -0.493 e. The number of hydrogen-bond acceptors (Lipinski definition) is 9. The van der Waals surface area contributed by atoms with Crippen LogP contribution in [0.3, 0.4) is 0 Å². The second kappa shape index (κ2) is 13.8. The first-order valence-electron chi connectivity index (χ1n) is 14.0. The van der Waals surface area contributed by atoms with Crippen molar-refractivity contribution < 1.29 is 32.2 Å². The molecular weight excluding hydrogens is 751 g/mol. The van der Waals surface area contributed by atoms with Crippen molar-refractivity contribution in [1.29, 1.82) is 0 Å². The number of pyridine rings is 1. The number of fused-ring (bicyclic) bond motifs is 1. The molecule has 0 saturated carbocycles. The second-order valence-corrected chi connectivity index (χ2v) is 15.6. The zero-order valence-electron chi connectivity index (χ0n) is 24.9. The number of nitrogens with one attached hydrogen (secondary N) is 3. The van der Waals surface area contributed by atoms with Crippen LogP contribution in [0.5, 0.6) is 11.5 Å². The maximum Gasteiger partial charge on any atom is 0.411 e. The summed E-state index contributed by atoms with van der Waals surface area (Å²) < 4.78 is 41.3. The van der Waals surface area contributed by atoms with Crippen molar-refractivity contribution in [2.75, 3.05) is 38.5 Å². The number of hydrogen-bond donors (Lipinski definition) is 3. The van der Waals surface area contributed by atoms with Gasteiger partial charge >= 0.3 is 6.09 Å². The van der Waals surface area contributed by atoms with Gasteiger partial charge < -0.3 is 29.4 Å². The average molecular weight is 781 g/mol. The second-order valence-electron chi connectivity index (χ2n) is 10.4. The number of ether oxygens (including phenoxy) is 3. The Morgan fingerprint density at radius 2 is 1.74 bits per heavy atom. The largest absolute Gasteiger partial charge is 0.493 e. The SMILES string of the molecule is COC(=O)Nc1ccc(S(=O)(=O)I)c([C@H]2CCCN2C(=O)[C@H](Nc2ccc3c(Cl)c[nH]c(=O)c3c2)c2ccc(OC)c(OC)c2)c1. The Bertz CT molecular complexity index is 1990. The van der Waals surface area contributed by atoms with Crippen molar-refractivity contribution in [3.05, 3.63) is 87.3 Å². The summed E-state index contributed by atoms with van der Waals surface area (Å²) >= 11 is 7.67. The molecule has 1 aliphatic heterocycles. The highest BCUT2D eigenvalue weighted by atomic mass is 127. The molecule has 0 spiro atoms. The molecule has 1 fully saturated rings. The van der Waals surface area contributed by atoms with E-state index in [0.717, 1.165) is 0 Å². The van der Waals surface area contributed by atoms with Crippen LogP contribution in [0.15, 0.2) is 70.5 Å². The summed E-state index contributed by atoms with van der Waals surface area (Å²) in [5.41, 5.74) is 1.36. The van der Waals surface area contributed by atoms with Gasteiger partial charge in [-0.15, -0.1) is 0 Å². The molecule has 0 aliphatic carbocycles. The van der Waals surface area contributed by atoms with Crippen LogP contribution in [-0.2, 0) is 16.5 Å². The lowest BCUT2D eigenvalue weighted by Crippen LogP contribution is -2.38. The lowest BCUT2D eigenvalue weighted by molar-refractivity contribution is -0.133. The number of nitrogens with zero attached hydrogens (tertiary/aromatic N) is 1. The number of aromatic nitrogens is 1.